The maximum Gasteiger partial charge on any atom is 0.193 e. The first-order valence-corrected chi connectivity index (χ1v) is 11.1. The molecule has 4 aromatic carbocycles. The SMILES string of the molecule is O=C(c1ccc(Br)cc1)c1ccc(Oc2cccc(C(=O)c3ccc(Br)cc3)c2)cc1. The van der Waals surface area contributed by atoms with Crippen LogP contribution in [-0.2, 0) is 0 Å². The van der Waals surface area contributed by atoms with E-state index in [1.807, 2.05) is 24.3 Å². The molecule has 0 unspecified atom stereocenters. The van der Waals surface area contributed by atoms with Gasteiger partial charge in [0.2, 0.25) is 0 Å². The average Bonchev–Trinajstić information content (AvgIpc) is 2.80. The molecular weight excluding hydrogens is 520 g/mol. The minimum atomic E-state index is -0.0756. The minimum Gasteiger partial charge on any atom is -0.457 e. The summed E-state index contributed by atoms with van der Waals surface area (Å²) in [5.41, 5.74) is 2.35. The molecule has 0 radical (unpaired) electrons. The van der Waals surface area contributed by atoms with Crippen LogP contribution in [0.4, 0.5) is 0 Å². The molecule has 5 heteroatoms. The van der Waals surface area contributed by atoms with Crippen molar-refractivity contribution in [3.8, 4) is 11.5 Å². The van der Waals surface area contributed by atoms with Crippen molar-refractivity contribution in [3.05, 3.63) is 128 Å². The van der Waals surface area contributed by atoms with Gasteiger partial charge in [-0.2, -0.15) is 0 Å². The van der Waals surface area contributed by atoms with Crippen LogP contribution >= 0.6 is 31.9 Å². The summed E-state index contributed by atoms with van der Waals surface area (Å²) in [6.07, 6.45) is 0. The fraction of sp³-hybridized carbons (Fsp3) is 0. The van der Waals surface area contributed by atoms with Crippen LogP contribution < -0.4 is 4.74 Å². The zero-order valence-corrected chi connectivity index (χ0v) is 19.4. The summed E-state index contributed by atoms with van der Waals surface area (Å²) in [5, 5.41) is 0. The Morgan fingerprint density at radius 2 is 0.968 bits per heavy atom. The van der Waals surface area contributed by atoms with Crippen LogP contribution in [0.1, 0.15) is 31.8 Å². The number of ketones is 2. The molecule has 0 saturated carbocycles. The molecule has 0 spiro atoms. The Morgan fingerprint density at radius 1 is 0.516 bits per heavy atom. The molecule has 0 aliphatic heterocycles. The third-order valence-electron chi connectivity index (χ3n) is 4.66. The largest absolute Gasteiger partial charge is 0.457 e. The minimum absolute atomic E-state index is 0.0545. The number of rotatable bonds is 6. The van der Waals surface area contributed by atoms with E-state index in [2.05, 4.69) is 31.9 Å². The van der Waals surface area contributed by atoms with Crippen molar-refractivity contribution in [1.29, 1.82) is 0 Å². The Kier molecular flexibility index (Phi) is 6.44. The lowest BCUT2D eigenvalue weighted by Gasteiger charge is -2.09. The van der Waals surface area contributed by atoms with Crippen molar-refractivity contribution in [2.24, 2.45) is 0 Å². The van der Waals surface area contributed by atoms with E-state index in [-0.39, 0.29) is 11.6 Å². The van der Waals surface area contributed by atoms with Crippen LogP contribution in [0.5, 0.6) is 11.5 Å². The van der Waals surface area contributed by atoms with Crippen LogP contribution in [0.15, 0.2) is 106 Å². The molecule has 31 heavy (non-hydrogen) atoms. The maximum absolute atomic E-state index is 12.7. The number of carbonyl (C=O) groups is 2. The highest BCUT2D eigenvalue weighted by atomic mass is 79.9. The maximum atomic E-state index is 12.7. The highest BCUT2D eigenvalue weighted by Gasteiger charge is 2.12. The summed E-state index contributed by atoms with van der Waals surface area (Å²) < 4.78 is 7.75. The van der Waals surface area contributed by atoms with Gasteiger partial charge in [0.1, 0.15) is 11.5 Å². The van der Waals surface area contributed by atoms with E-state index in [0.717, 1.165) is 8.95 Å². The Labute approximate surface area is 197 Å². The third-order valence-corrected chi connectivity index (χ3v) is 5.72. The highest BCUT2D eigenvalue weighted by Crippen LogP contribution is 2.25. The second-order valence-corrected chi connectivity index (χ2v) is 8.66. The normalized spacial score (nSPS) is 10.5. The van der Waals surface area contributed by atoms with Gasteiger partial charge in [-0.25, -0.2) is 0 Å². The van der Waals surface area contributed by atoms with Crippen LogP contribution in [-0.4, -0.2) is 11.6 Å². The lowest BCUT2D eigenvalue weighted by atomic mass is 10.0. The van der Waals surface area contributed by atoms with Crippen molar-refractivity contribution in [1.82, 2.24) is 0 Å². The van der Waals surface area contributed by atoms with E-state index in [0.29, 0.717) is 33.8 Å². The van der Waals surface area contributed by atoms with Crippen molar-refractivity contribution >= 4 is 43.4 Å². The van der Waals surface area contributed by atoms with Crippen LogP contribution in [0.3, 0.4) is 0 Å². The Hall–Kier alpha value is -3.02. The molecule has 0 N–H and O–H groups in total. The van der Waals surface area contributed by atoms with Gasteiger partial charge in [0.05, 0.1) is 0 Å². The summed E-state index contributed by atoms with van der Waals surface area (Å²) in [7, 11) is 0. The molecule has 0 bridgehead atoms. The highest BCUT2D eigenvalue weighted by molar-refractivity contribution is 9.10. The fourth-order valence-corrected chi connectivity index (χ4v) is 3.58. The summed E-state index contributed by atoms with van der Waals surface area (Å²) in [6, 6.07) is 28.5. The van der Waals surface area contributed by atoms with E-state index in [9.17, 15) is 9.59 Å². The van der Waals surface area contributed by atoms with Crippen molar-refractivity contribution in [2.75, 3.05) is 0 Å². The van der Waals surface area contributed by atoms with Gasteiger partial charge in [-0.1, -0.05) is 44.0 Å². The van der Waals surface area contributed by atoms with E-state index in [4.69, 9.17) is 4.74 Å². The fourth-order valence-electron chi connectivity index (χ4n) is 3.05. The van der Waals surface area contributed by atoms with Crippen molar-refractivity contribution in [3.63, 3.8) is 0 Å². The predicted molar refractivity (Wildman–Crippen MR) is 128 cm³/mol. The molecule has 0 saturated heterocycles. The number of hydrogen-bond acceptors (Lipinski definition) is 3. The van der Waals surface area contributed by atoms with E-state index in [1.165, 1.54) is 0 Å². The smallest absolute Gasteiger partial charge is 0.193 e. The first kappa shape index (κ1) is 21.2. The zero-order valence-electron chi connectivity index (χ0n) is 16.2. The number of benzene rings is 4. The Bertz CT molecular complexity index is 1230. The van der Waals surface area contributed by atoms with Gasteiger partial charge in [0, 0.05) is 31.2 Å². The van der Waals surface area contributed by atoms with Gasteiger partial charge in [0.25, 0.3) is 0 Å². The lowest BCUT2D eigenvalue weighted by molar-refractivity contribution is 0.103. The first-order valence-electron chi connectivity index (χ1n) is 9.48. The number of hydrogen-bond donors (Lipinski definition) is 0. The van der Waals surface area contributed by atoms with Crippen LogP contribution in [0.2, 0.25) is 0 Å². The van der Waals surface area contributed by atoms with Gasteiger partial charge in [0.15, 0.2) is 11.6 Å². The van der Waals surface area contributed by atoms with E-state index in [1.54, 1.807) is 72.8 Å². The summed E-state index contributed by atoms with van der Waals surface area (Å²) in [4.78, 5) is 25.3. The standard InChI is InChI=1S/C26H16Br2O3/c27-21-10-4-17(5-11-21)25(29)19-8-14-23(15-9-19)31-24-3-1-2-20(16-24)26(30)18-6-12-22(28)13-7-18/h1-16H. The van der Waals surface area contributed by atoms with Crippen molar-refractivity contribution < 1.29 is 14.3 Å². The van der Waals surface area contributed by atoms with Crippen LogP contribution in [0.25, 0.3) is 0 Å². The monoisotopic (exact) mass is 534 g/mol. The molecule has 0 amide bonds. The quantitative estimate of drug-likeness (QED) is 0.240. The van der Waals surface area contributed by atoms with Gasteiger partial charge < -0.3 is 4.74 Å². The third kappa shape index (κ3) is 5.19. The van der Waals surface area contributed by atoms with Gasteiger partial charge in [-0.05, 0) is 84.9 Å². The molecule has 3 nitrogen and oxygen atoms in total. The molecule has 0 aliphatic rings. The zero-order chi connectivity index (χ0) is 21.8. The summed E-state index contributed by atoms with van der Waals surface area (Å²) >= 11 is 6.75. The molecule has 4 aromatic rings. The molecule has 0 atom stereocenters. The average molecular weight is 536 g/mol. The molecule has 4 rings (SSSR count). The molecule has 0 aromatic heterocycles. The first-order chi connectivity index (χ1) is 15.0. The topological polar surface area (TPSA) is 43.4 Å². The number of carbonyl (C=O) groups excluding carboxylic acids is 2. The second kappa shape index (κ2) is 9.41. The lowest BCUT2D eigenvalue weighted by Crippen LogP contribution is -2.01. The number of halogens is 2. The predicted octanol–water partition coefficient (Wildman–Crippen LogP) is 7.47. The van der Waals surface area contributed by atoms with Crippen molar-refractivity contribution in [2.45, 2.75) is 0 Å². The number of ether oxygens (including phenoxy) is 1. The van der Waals surface area contributed by atoms with Crippen LogP contribution in [0, 0.1) is 0 Å². The Balaban J connectivity index is 1.49. The van der Waals surface area contributed by atoms with E-state index < -0.39 is 0 Å². The van der Waals surface area contributed by atoms with E-state index >= 15 is 0 Å². The molecule has 152 valence electrons. The molecular formula is C26H16Br2O3. The summed E-state index contributed by atoms with van der Waals surface area (Å²) in [5.74, 6) is 1.00. The van der Waals surface area contributed by atoms with Gasteiger partial charge >= 0.3 is 0 Å². The summed E-state index contributed by atoms with van der Waals surface area (Å²) in [6.45, 7) is 0. The van der Waals surface area contributed by atoms with Gasteiger partial charge in [-0.3, -0.25) is 9.59 Å². The second-order valence-electron chi connectivity index (χ2n) is 6.83. The molecule has 0 aliphatic carbocycles. The molecule has 0 heterocycles. The Morgan fingerprint density at radius 3 is 1.48 bits per heavy atom. The molecule has 0 fully saturated rings. The van der Waals surface area contributed by atoms with Gasteiger partial charge in [-0.15, -0.1) is 0 Å².